The summed E-state index contributed by atoms with van der Waals surface area (Å²) in [6, 6.07) is 19.0. The molecule has 3 rings (SSSR count). The summed E-state index contributed by atoms with van der Waals surface area (Å²) in [5.74, 6) is 1.27. The number of aromatic nitrogens is 1. The van der Waals surface area contributed by atoms with E-state index in [0.29, 0.717) is 5.92 Å². The summed E-state index contributed by atoms with van der Waals surface area (Å²) in [7, 11) is 3.72. The van der Waals surface area contributed by atoms with Crippen molar-refractivity contribution in [1.82, 2.24) is 10.3 Å². The Hall–Kier alpha value is -2.26. The third-order valence-electron chi connectivity index (χ3n) is 4.13. The molecule has 2 aromatic carbocycles. The average Bonchev–Trinajstić information content (AvgIpc) is 3.00. The van der Waals surface area contributed by atoms with Crippen molar-refractivity contribution in [3.8, 4) is 5.75 Å². The predicted molar refractivity (Wildman–Crippen MR) is 91.7 cm³/mol. The molecule has 0 saturated carbocycles. The predicted octanol–water partition coefficient (Wildman–Crippen LogP) is 3.92. The molecule has 1 heterocycles. The van der Waals surface area contributed by atoms with Crippen molar-refractivity contribution in [2.45, 2.75) is 12.3 Å². The van der Waals surface area contributed by atoms with Gasteiger partial charge in [0.05, 0.1) is 7.11 Å². The molecule has 0 spiro atoms. The maximum atomic E-state index is 5.48. The number of benzene rings is 2. The average molecular weight is 294 g/mol. The molecular weight excluding hydrogens is 272 g/mol. The number of rotatable bonds is 6. The van der Waals surface area contributed by atoms with Crippen LogP contribution < -0.4 is 10.1 Å². The molecule has 0 bridgehead atoms. The first kappa shape index (κ1) is 14.7. The number of aromatic amines is 1. The Morgan fingerprint density at radius 2 is 1.91 bits per heavy atom. The van der Waals surface area contributed by atoms with Gasteiger partial charge in [0.15, 0.2) is 0 Å². The van der Waals surface area contributed by atoms with Gasteiger partial charge < -0.3 is 15.0 Å². The SMILES string of the molecule is CNCCC(c1ccccc1)c1cc2c(OC)cccc2[nH]1. The molecule has 3 nitrogen and oxygen atoms in total. The summed E-state index contributed by atoms with van der Waals surface area (Å²) in [5.41, 5.74) is 3.70. The van der Waals surface area contributed by atoms with Gasteiger partial charge in [-0.3, -0.25) is 0 Å². The van der Waals surface area contributed by atoms with Crippen LogP contribution >= 0.6 is 0 Å². The van der Waals surface area contributed by atoms with Crippen LogP contribution in [0, 0.1) is 0 Å². The molecule has 0 aliphatic carbocycles. The molecule has 114 valence electrons. The highest BCUT2D eigenvalue weighted by molar-refractivity contribution is 5.87. The smallest absolute Gasteiger partial charge is 0.128 e. The van der Waals surface area contributed by atoms with Crippen LogP contribution in [0.1, 0.15) is 23.6 Å². The molecule has 22 heavy (non-hydrogen) atoms. The quantitative estimate of drug-likeness (QED) is 0.723. The second-order valence-electron chi connectivity index (χ2n) is 5.50. The molecule has 1 atom stereocenters. The molecule has 3 aromatic rings. The van der Waals surface area contributed by atoms with Crippen molar-refractivity contribution in [1.29, 1.82) is 0 Å². The minimum atomic E-state index is 0.353. The van der Waals surface area contributed by atoms with Crippen LogP contribution in [0.15, 0.2) is 54.6 Å². The number of hydrogen-bond donors (Lipinski definition) is 2. The first-order valence-corrected chi connectivity index (χ1v) is 7.68. The molecule has 3 heteroatoms. The summed E-state index contributed by atoms with van der Waals surface area (Å²) < 4.78 is 5.48. The number of H-pyrrole nitrogens is 1. The fourth-order valence-corrected chi connectivity index (χ4v) is 2.99. The lowest BCUT2D eigenvalue weighted by atomic mass is 9.92. The van der Waals surface area contributed by atoms with Gasteiger partial charge in [0, 0.05) is 22.5 Å². The zero-order valence-corrected chi connectivity index (χ0v) is 13.1. The lowest BCUT2D eigenvalue weighted by molar-refractivity contribution is 0.420. The lowest BCUT2D eigenvalue weighted by Gasteiger charge is -2.16. The van der Waals surface area contributed by atoms with E-state index >= 15 is 0 Å². The summed E-state index contributed by atoms with van der Waals surface area (Å²) in [6.07, 6.45) is 1.05. The Balaban J connectivity index is 2.04. The van der Waals surface area contributed by atoms with Gasteiger partial charge in [0.2, 0.25) is 0 Å². The van der Waals surface area contributed by atoms with Crippen molar-refractivity contribution < 1.29 is 4.74 Å². The summed E-state index contributed by atoms with van der Waals surface area (Å²) in [5, 5.41) is 4.40. The van der Waals surface area contributed by atoms with Crippen LogP contribution in [0.3, 0.4) is 0 Å². The highest BCUT2D eigenvalue weighted by Crippen LogP contribution is 2.33. The van der Waals surface area contributed by atoms with Gasteiger partial charge in [-0.25, -0.2) is 0 Å². The van der Waals surface area contributed by atoms with E-state index in [1.165, 1.54) is 11.3 Å². The lowest BCUT2D eigenvalue weighted by Crippen LogP contribution is -2.13. The minimum Gasteiger partial charge on any atom is -0.496 e. The van der Waals surface area contributed by atoms with Gasteiger partial charge in [-0.2, -0.15) is 0 Å². The third-order valence-corrected chi connectivity index (χ3v) is 4.13. The third kappa shape index (κ3) is 2.85. The van der Waals surface area contributed by atoms with Crippen LogP contribution in [0.4, 0.5) is 0 Å². The minimum absolute atomic E-state index is 0.353. The van der Waals surface area contributed by atoms with E-state index in [1.807, 2.05) is 19.2 Å². The Labute approximate surface area is 131 Å². The Kier molecular flexibility index (Phi) is 4.45. The van der Waals surface area contributed by atoms with Crippen molar-refractivity contribution in [2.75, 3.05) is 20.7 Å². The fourth-order valence-electron chi connectivity index (χ4n) is 2.99. The van der Waals surface area contributed by atoms with E-state index in [0.717, 1.165) is 29.6 Å². The molecule has 0 fully saturated rings. The number of hydrogen-bond acceptors (Lipinski definition) is 2. The van der Waals surface area contributed by atoms with Gasteiger partial charge in [0.25, 0.3) is 0 Å². The molecule has 1 aromatic heterocycles. The van der Waals surface area contributed by atoms with E-state index < -0.39 is 0 Å². The number of fused-ring (bicyclic) bond motifs is 1. The van der Waals surface area contributed by atoms with E-state index in [2.05, 4.69) is 52.8 Å². The molecule has 0 saturated heterocycles. The first-order valence-electron chi connectivity index (χ1n) is 7.68. The van der Waals surface area contributed by atoms with E-state index in [4.69, 9.17) is 4.74 Å². The van der Waals surface area contributed by atoms with Gasteiger partial charge >= 0.3 is 0 Å². The second-order valence-corrected chi connectivity index (χ2v) is 5.50. The van der Waals surface area contributed by atoms with Gasteiger partial charge in [-0.15, -0.1) is 0 Å². The van der Waals surface area contributed by atoms with Crippen LogP contribution in [-0.2, 0) is 0 Å². The van der Waals surface area contributed by atoms with Gasteiger partial charge in [-0.1, -0.05) is 36.4 Å². The van der Waals surface area contributed by atoms with Crippen molar-refractivity contribution in [2.24, 2.45) is 0 Å². The number of nitrogens with one attached hydrogen (secondary N) is 2. The topological polar surface area (TPSA) is 37.0 Å². The highest BCUT2D eigenvalue weighted by Gasteiger charge is 2.17. The Morgan fingerprint density at radius 1 is 1.09 bits per heavy atom. The Bertz CT molecular complexity index is 734. The second kappa shape index (κ2) is 6.67. The fraction of sp³-hybridized carbons (Fsp3) is 0.263. The zero-order chi connectivity index (χ0) is 15.4. The van der Waals surface area contributed by atoms with Crippen molar-refractivity contribution in [3.05, 3.63) is 65.9 Å². The van der Waals surface area contributed by atoms with Crippen LogP contribution in [0.5, 0.6) is 5.75 Å². The normalized spacial score (nSPS) is 12.5. The number of ether oxygens (including phenoxy) is 1. The maximum absolute atomic E-state index is 5.48. The van der Waals surface area contributed by atoms with Crippen LogP contribution in [0.2, 0.25) is 0 Å². The van der Waals surface area contributed by atoms with Gasteiger partial charge in [-0.05, 0) is 43.8 Å². The van der Waals surface area contributed by atoms with Crippen LogP contribution in [-0.4, -0.2) is 25.7 Å². The summed E-state index contributed by atoms with van der Waals surface area (Å²) in [6.45, 7) is 0.978. The maximum Gasteiger partial charge on any atom is 0.128 e. The molecule has 0 aliphatic heterocycles. The molecule has 0 amide bonds. The van der Waals surface area contributed by atoms with Crippen LogP contribution in [0.25, 0.3) is 10.9 Å². The monoisotopic (exact) mass is 294 g/mol. The molecule has 2 N–H and O–H groups in total. The summed E-state index contributed by atoms with van der Waals surface area (Å²) >= 11 is 0. The zero-order valence-electron chi connectivity index (χ0n) is 13.1. The van der Waals surface area contributed by atoms with E-state index in [-0.39, 0.29) is 0 Å². The standard InChI is InChI=1S/C19H22N2O/c1-20-12-11-15(14-7-4-3-5-8-14)18-13-16-17(21-18)9-6-10-19(16)22-2/h3-10,13,15,20-21H,11-12H2,1-2H3. The molecule has 0 radical (unpaired) electrons. The molecule has 1 unspecified atom stereocenters. The van der Waals surface area contributed by atoms with Crippen molar-refractivity contribution in [3.63, 3.8) is 0 Å². The Morgan fingerprint density at radius 3 is 2.64 bits per heavy atom. The molecule has 0 aliphatic rings. The highest BCUT2D eigenvalue weighted by atomic mass is 16.5. The van der Waals surface area contributed by atoms with E-state index in [1.54, 1.807) is 7.11 Å². The van der Waals surface area contributed by atoms with E-state index in [9.17, 15) is 0 Å². The van der Waals surface area contributed by atoms with Crippen molar-refractivity contribution >= 4 is 10.9 Å². The largest absolute Gasteiger partial charge is 0.496 e. The first-order chi connectivity index (χ1) is 10.8. The molecular formula is C19H22N2O. The summed E-state index contributed by atoms with van der Waals surface area (Å²) in [4.78, 5) is 3.57. The number of methoxy groups -OCH3 is 1. The van der Waals surface area contributed by atoms with Gasteiger partial charge in [0.1, 0.15) is 5.75 Å².